The average Bonchev–Trinajstić information content (AvgIpc) is 2.23. The van der Waals surface area contributed by atoms with Crippen molar-refractivity contribution in [3.8, 4) is 0 Å². The van der Waals surface area contributed by atoms with Gasteiger partial charge in [-0.15, -0.1) is 0 Å². The Morgan fingerprint density at radius 1 is 0.917 bits per heavy atom. The molecule has 0 saturated heterocycles. The molecule has 0 aliphatic heterocycles. The van der Waals surface area contributed by atoms with Crippen LogP contribution >= 0.6 is 7.75 Å². The number of aliphatic carboxylic acids is 1. The molecule has 0 fully saturated rings. The topological polar surface area (TPSA) is 144 Å². The summed E-state index contributed by atoms with van der Waals surface area (Å²) >= 11 is 0. The first kappa shape index (κ1) is 35.4. The van der Waals surface area contributed by atoms with Crippen LogP contribution in [0.2, 0.25) is 0 Å². The van der Waals surface area contributed by atoms with Crippen molar-refractivity contribution in [2.24, 2.45) is 11.8 Å². The number of carbonyl (C=O) groups excluding carboxylic acids is 2. The van der Waals surface area contributed by atoms with E-state index in [0.717, 1.165) is 0 Å². The zero-order valence-electron chi connectivity index (χ0n) is 15.6. The molecule has 12 heteroatoms. The predicted molar refractivity (Wildman–Crippen MR) is 70.4 cm³/mol. The van der Waals surface area contributed by atoms with Crippen molar-refractivity contribution >= 4 is 19.6 Å². The summed E-state index contributed by atoms with van der Waals surface area (Å²) in [6.45, 7) is 7.03. The van der Waals surface area contributed by atoms with Crippen molar-refractivity contribution < 1.29 is 183 Å². The summed E-state index contributed by atoms with van der Waals surface area (Å²) in [4.78, 5) is 44.5. The Labute approximate surface area is 271 Å². The molecular weight excluding hydrogens is 416 g/mol. The quantitative estimate of drug-likeness (QED) is 0.269. The second-order valence-electron chi connectivity index (χ2n) is 5.82. The van der Waals surface area contributed by atoms with E-state index in [1.807, 2.05) is 0 Å². The number of nitrogens with one attached hydrogen (secondary N) is 2. The van der Waals surface area contributed by atoms with Crippen LogP contribution in [0.1, 0.15) is 40.5 Å². The van der Waals surface area contributed by atoms with Gasteiger partial charge in [0.25, 0.3) is 0 Å². The summed E-state index contributed by atoms with van der Waals surface area (Å²) in [5, 5.41) is 14.9. The van der Waals surface area contributed by atoms with Gasteiger partial charge in [-0.2, -0.15) is 0 Å². The van der Waals surface area contributed by atoms with Gasteiger partial charge in [-0.25, -0.2) is 0 Å². The van der Waals surface area contributed by atoms with Crippen LogP contribution in [-0.2, 0) is 14.2 Å². The van der Waals surface area contributed by atoms with Crippen LogP contribution in [0.15, 0.2) is 0 Å². The fourth-order valence-electron chi connectivity index (χ4n) is 1.84. The first-order valence-electron chi connectivity index (χ1n) is 6.73. The summed E-state index contributed by atoms with van der Waals surface area (Å²) < 4.78 is 10.8. The van der Waals surface area contributed by atoms with Crippen LogP contribution in [0.5, 0.6) is 0 Å². The van der Waals surface area contributed by atoms with Crippen molar-refractivity contribution in [1.82, 2.24) is 10.4 Å². The molecule has 1 amide bonds. The van der Waals surface area contributed by atoms with Crippen LogP contribution in [0, 0.1) is 11.8 Å². The molecule has 2 atom stereocenters. The summed E-state index contributed by atoms with van der Waals surface area (Å²) in [5.74, 6) is -2.36. The first-order valence-corrected chi connectivity index (χ1v) is 8.27. The number of carboxylic acids is 1. The minimum Gasteiger partial charge on any atom is -0.799 e. The molecule has 0 radical (unpaired) electrons. The van der Waals surface area contributed by atoms with Gasteiger partial charge in [0.05, 0.1) is 18.1 Å². The fourth-order valence-corrected chi connectivity index (χ4v) is 2.44. The Bertz CT molecular complexity index is 420. The molecular formula is C12H22K3N2O6P. The van der Waals surface area contributed by atoms with E-state index in [1.54, 1.807) is 32.8 Å². The van der Waals surface area contributed by atoms with Crippen LogP contribution in [0.25, 0.3) is 0 Å². The zero-order valence-corrected chi connectivity index (χ0v) is 25.9. The minimum absolute atomic E-state index is 0. The molecule has 0 aromatic carbocycles. The third kappa shape index (κ3) is 19.3. The summed E-state index contributed by atoms with van der Waals surface area (Å²) in [6, 6.07) is -2.52. The Morgan fingerprint density at radius 2 is 1.29 bits per heavy atom. The van der Waals surface area contributed by atoms with E-state index >= 15 is 0 Å². The molecule has 0 heterocycles. The van der Waals surface area contributed by atoms with Crippen LogP contribution < -0.4 is 179 Å². The molecule has 124 valence electrons. The van der Waals surface area contributed by atoms with Gasteiger partial charge >= 0.3 is 154 Å². The number of rotatable bonds is 9. The molecule has 8 nitrogen and oxygen atoms in total. The summed E-state index contributed by atoms with van der Waals surface area (Å²) in [7, 11) is -5.10. The summed E-state index contributed by atoms with van der Waals surface area (Å²) in [5.41, 5.74) is 0. The van der Waals surface area contributed by atoms with Crippen molar-refractivity contribution in [1.29, 1.82) is 0 Å². The molecule has 0 aromatic heterocycles. The van der Waals surface area contributed by atoms with E-state index in [2.05, 4.69) is 5.32 Å². The minimum atomic E-state index is -5.10. The largest absolute Gasteiger partial charge is 1.00 e. The van der Waals surface area contributed by atoms with Gasteiger partial charge in [0, 0.05) is 0 Å². The maximum Gasteiger partial charge on any atom is 1.00 e. The van der Waals surface area contributed by atoms with Crippen LogP contribution in [0.3, 0.4) is 0 Å². The number of hydrogen-bond acceptors (Lipinski definition) is 6. The van der Waals surface area contributed by atoms with Crippen molar-refractivity contribution in [3.63, 3.8) is 0 Å². The van der Waals surface area contributed by atoms with Gasteiger partial charge < -0.3 is 29.6 Å². The monoisotopic (exact) mass is 438 g/mol. The van der Waals surface area contributed by atoms with E-state index in [1.165, 1.54) is 0 Å². The fraction of sp³-hybridized carbons (Fsp3) is 0.833. The van der Waals surface area contributed by atoms with Crippen molar-refractivity contribution in [2.75, 3.05) is 0 Å². The molecule has 24 heavy (non-hydrogen) atoms. The van der Waals surface area contributed by atoms with Gasteiger partial charge in [-0.05, 0) is 32.4 Å². The normalized spacial score (nSPS) is 13.2. The third-order valence-corrected chi connectivity index (χ3v) is 3.27. The van der Waals surface area contributed by atoms with Gasteiger partial charge in [0.15, 0.2) is 0 Å². The standard InChI is InChI=1S/C12H25N2O6P.3K/c1-7(2)5-9(14-21(18,19)20)11(15)13-10(12(16)17)6-8(3)4;;;/h7-10H,5-6H2,1-4H3,(H,13,15)(H,16,17)(H3,14,18,19,20);;;/q;3*+1/p-3. The second kappa shape index (κ2) is 17.8. The number of amides is 1. The molecule has 0 aliphatic carbocycles. The molecule has 0 rings (SSSR count). The Hall–Kier alpha value is 3.96. The van der Waals surface area contributed by atoms with E-state index in [9.17, 15) is 29.0 Å². The Balaban J connectivity index is -0.000000667. The predicted octanol–water partition coefficient (Wildman–Crippen LogP) is -10.9. The smallest absolute Gasteiger partial charge is 0.799 e. The average molecular weight is 439 g/mol. The van der Waals surface area contributed by atoms with Crippen molar-refractivity contribution in [3.05, 3.63) is 0 Å². The zero-order chi connectivity index (χ0) is 16.8. The number of hydrogen-bond donors (Lipinski definition) is 2. The SMILES string of the molecule is CC(C)CC(NC(=O)C(CC(C)C)NP(=O)([O-])[O-])C(=O)[O-].[K+].[K+].[K+]. The number of carboxylic acid groups (broad SMARTS) is 1. The van der Waals surface area contributed by atoms with Crippen LogP contribution in [0.4, 0.5) is 0 Å². The maximum absolute atomic E-state index is 12.0. The first-order chi connectivity index (χ1) is 9.42. The Kier molecular flexibility index (Phi) is 26.2. The second-order valence-corrected chi connectivity index (χ2v) is 7.07. The molecule has 0 aliphatic rings. The molecule has 2 unspecified atom stereocenters. The third-order valence-electron chi connectivity index (χ3n) is 2.65. The van der Waals surface area contributed by atoms with E-state index in [0.29, 0.717) is 0 Å². The Morgan fingerprint density at radius 3 is 1.58 bits per heavy atom. The van der Waals surface area contributed by atoms with Gasteiger partial charge in [0.1, 0.15) is 0 Å². The van der Waals surface area contributed by atoms with Crippen LogP contribution in [-0.4, -0.2) is 24.0 Å². The van der Waals surface area contributed by atoms with Gasteiger partial charge in [-0.1, -0.05) is 27.7 Å². The van der Waals surface area contributed by atoms with E-state index in [4.69, 9.17) is 0 Å². The molecule has 0 aromatic rings. The molecule has 0 bridgehead atoms. The van der Waals surface area contributed by atoms with Gasteiger partial charge in [0.2, 0.25) is 5.91 Å². The van der Waals surface area contributed by atoms with Crippen molar-refractivity contribution in [2.45, 2.75) is 52.6 Å². The molecule has 0 spiro atoms. The number of carbonyl (C=O) groups is 2. The van der Waals surface area contributed by atoms with Gasteiger partial charge in [-0.3, -0.25) is 9.88 Å². The van der Waals surface area contributed by atoms with E-state index < -0.39 is 31.7 Å². The molecule has 2 N–H and O–H groups in total. The maximum atomic E-state index is 12.0. The molecule has 0 saturated carbocycles. The van der Waals surface area contributed by atoms with E-state index in [-0.39, 0.29) is 179 Å². The summed E-state index contributed by atoms with van der Waals surface area (Å²) in [6.07, 6.45) is 0.233.